The maximum absolute atomic E-state index is 13.5. The first-order valence-corrected chi connectivity index (χ1v) is 6.34. The largest absolute Gasteiger partial charge is 0.465 e. The van der Waals surface area contributed by atoms with Gasteiger partial charge in [0.1, 0.15) is 16.3 Å². The molecule has 0 radical (unpaired) electrons. The molecule has 0 amide bonds. The average molecular weight is 277 g/mol. The van der Waals surface area contributed by atoms with Crippen LogP contribution in [0.15, 0.2) is 17.0 Å². The summed E-state index contributed by atoms with van der Waals surface area (Å²) >= 11 is 0. The number of nitro benzene ring substituents is 1. The van der Waals surface area contributed by atoms with Crippen LogP contribution in [0.4, 0.5) is 10.1 Å². The van der Waals surface area contributed by atoms with Crippen molar-refractivity contribution in [3.8, 4) is 0 Å². The highest BCUT2D eigenvalue weighted by molar-refractivity contribution is 7.90. The minimum Gasteiger partial charge on any atom is -0.465 e. The molecule has 1 rings (SSSR count). The van der Waals surface area contributed by atoms with E-state index in [4.69, 9.17) is 0 Å². The normalized spacial score (nSPS) is 11.1. The maximum Gasteiger partial charge on any atom is 0.344 e. The van der Waals surface area contributed by atoms with Crippen LogP contribution in [0.25, 0.3) is 0 Å². The van der Waals surface area contributed by atoms with E-state index in [0.717, 1.165) is 7.11 Å². The number of carbonyl (C=O) groups is 1. The second-order valence-electron chi connectivity index (χ2n) is 3.32. The highest BCUT2D eigenvalue weighted by Gasteiger charge is 2.27. The Kier molecular flexibility index (Phi) is 3.65. The molecule has 0 bridgehead atoms. The lowest BCUT2D eigenvalue weighted by molar-refractivity contribution is -0.385. The van der Waals surface area contributed by atoms with Gasteiger partial charge in [0.15, 0.2) is 9.84 Å². The van der Waals surface area contributed by atoms with Crippen molar-refractivity contribution in [3.05, 3.63) is 33.6 Å². The number of esters is 1. The quantitative estimate of drug-likeness (QED) is 0.462. The molecule has 0 atom stereocenters. The number of sulfone groups is 1. The van der Waals surface area contributed by atoms with Gasteiger partial charge in [-0.2, -0.15) is 0 Å². The third-order valence-corrected chi connectivity index (χ3v) is 3.16. The summed E-state index contributed by atoms with van der Waals surface area (Å²) in [6.07, 6.45) is 0.701. The van der Waals surface area contributed by atoms with Gasteiger partial charge in [0, 0.05) is 12.3 Å². The van der Waals surface area contributed by atoms with Gasteiger partial charge in [-0.05, 0) is 6.07 Å². The number of carbonyl (C=O) groups excluding carboxylic acids is 1. The van der Waals surface area contributed by atoms with E-state index >= 15 is 0 Å². The zero-order valence-electron chi connectivity index (χ0n) is 9.34. The van der Waals surface area contributed by atoms with Crippen molar-refractivity contribution in [1.29, 1.82) is 0 Å². The number of benzene rings is 1. The Labute approximate surface area is 101 Å². The summed E-state index contributed by atoms with van der Waals surface area (Å²) in [5.74, 6) is -2.37. The number of nitrogens with zero attached hydrogens (tertiary/aromatic N) is 1. The Balaban J connectivity index is 3.65. The molecule has 18 heavy (non-hydrogen) atoms. The van der Waals surface area contributed by atoms with Gasteiger partial charge in [-0.3, -0.25) is 10.1 Å². The van der Waals surface area contributed by atoms with Crippen LogP contribution >= 0.6 is 0 Å². The summed E-state index contributed by atoms with van der Waals surface area (Å²) in [4.78, 5) is 20.1. The van der Waals surface area contributed by atoms with Crippen LogP contribution in [0.1, 0.15) is 10.4 Å². The Hall–Kier alpha value is -2.03. The minimum atomic E-state index is -3.97. The molecular formula is C9H8FNO6S. The topological polar surface area (TPSA) is 104 Å². The molecule has 0 aliphatic heterocycles. The second-order valence-corrected chi connectivity index (χ2v) is 5.30. The van der Waals surface area contributed by atoms with Crippen LogP contribution < -0.4 is 0 Å². The van der Waals surface area contributed by atoms with E-state index in [1.807, 2.05) is 0 Å². The predicted octanol–water partition coefficient (Wildman–Crippen LogP) is 0.924. The molecule has 7 nitrogen and oxygen atoms in total. The number of ether oxygens (including phenoxy) is 1. The molecule has 9 heteroatoms. The summed E-state index contributed by atoms with van der Waals surface area (Å²) < 4.78 is 40.1. The maximum atomic E-state index is 13.5. The number of hydrogen-bond acceptors (Lipinski definition) is 6. The molecular weight excluding hydrogens is 269 g/mol. The molecule has 1 aromatic carbocycles. The third kappa shape index (κ3) is 2.62. The summed E-state index contributed by atoms with van der Waals surface area (Å²) in [5, 5.41) is 10.7. The van der Waals surface area contributed by atoms with Crippen molar-refractivity contribution in [2.24, 2.45) is 0 Å². The number of halogens is 1. The molecule has 98 valence electrons. The number of hydrogen-bond donors (Lipinski definition) is 0. The fourth-order valence-corrected chi connectivity index (χ4v) is 1.99. The van der Waals surface area contributed by atoms with Gasteiger partial charge in [-0.1, -0.05) is 0 Å². The smallest absolute Gasteiger partial charge is 0.344 e. The van der Waals surface area contributed by atoms with E-state index in [-0.39, 0.29) is 0 Å². The Morgan fingerprint density at radius 1 is 1.44 bits per heavy atom. The van der Waals surface area contributed by atoms with Crippen molar-refractivity contribution in [2.45, 2.75) is 4.90 Å². The second kappa shape index (κ2) is 4.69. The van der Waals surface area contributed by atoms with Gasteiger partial charge in [-0.15, -0.1) is 0 Å². The van der Waals surface area contributed by atoms with Crippen molar-refractivity contribution >= 4 is 21.5 Å². The average Bonchev–Trinajstić information content (AvgIpc) is 2.25. The number of methoxy groups -OCH3 is 1. The van der Waals surface area contributed by atoms with E-state index in [0.29, 0.717) is 18.4 Å². The van der Waals surface area contributed by atoms with Crippen molar-refractivity contribution < 1.29 is 27.3 Å². The van der Waals surface area contributed by atoms with Crippen LogP contribution in [-0.4, -0.2) is 32.7 Å². The summed E-state index contributed by atoms with van der Waals surface area (Å²) in [6.45, 7) is 0. The summed E-state index contributed by atoms with van der Waals surface area (Å²) in [5.41, 5.74) is -1.48. The first kappa shape index (κ1) is 14.0. The van der Waals surface area contributed by atoms with Crippen LogP contribution in [0.5, 0.6) is 0 Å². The van der Waals surface area contributed by atoms with Gasteiger partial charge in [0.25, 0.3) is 5.69 Å². The van der Waals surface area contributed by atoms with Crippen molar-refractivity contribution in [3.63, 3.8) is 0 Å². The highest BCUT2D eigenvalue weighted by atomic mass is 32.2. The lowest BCUT2D eigenvalue weighted by atomic mass is 10.2. The molecule has 0 aliphatic carbocycles. The third-order valence-electron chi connectivity index (χ3n) is 2.05. The fourth-order valence-electron chi connectivity index (χ4n) is 1.25. The van der Waals surface area contributed by atoms with Gasteiger partial charge in [0.2, 0.25) is 0 Å². The number of nitro groups is 1. The summed E-state index contributed by atoms with van der Waals surface area (Å²) in [6, 6.07) is 0.970. The molecule has 0 saturated carbocycles. The fraction of sp³-hybridized carbons (Fsp3) is 0.222. The van der Waals surface area contributed by atoms with E-state index in [9.17, 15) is 27.7 Å². The van der Waals surface area contributed by atoms with Gasteiger partial charge < -0.3 is 4.74 Å². The molecule has 0 spiro atoms. The van der Waals surface area contributed by atoms with Crippen LogP contribution in [0, 0.1) is 15.9 Å². The van der Waals surface area contributed by atoms with E-state index in [1.54, 1.807) is 0 Å². The standard InChI is InChI=1S/C9H8FNO6S/c1-17-9(12)5-3-6(10)8(18(2,15)16)4-7(5)11(13)14/h3-4H,1-2H3. The Morgan fingerprint density at radius 2 is 2.00 bits per heavy atom. The van der Waals surface area contributed by atoms with Crippen molar-refractivity contribution in [2.75, 3.05) is 13.4 Å². The molecule has 0 unspecified atom stereocenters. The van der Waals surface area contributed by atoms with Crippen LogP contribution in [-0.2, 0) is 14.6 Å². The molecule has 1 aromatic rings. The summed E-state index contributed by atoms with van der Waals surface area (Å²) in [7, 11) is -3.00. The minimum absolute atomic E-state index is 0.473. The van der Waals surface area contributed by atoms with Crippen LogP contribution in [0.3, 0.4) is 0 Å². The van der Waals surface area contributed by atoms with Crippen LogP contribution in [0.2, 0.25) is 0 Å². The predicted molar refractivity (Wildman–Crippen MR) is 57.5 cm³/mol. The van der Waals surface area contributed by atoms with Gasteiger partial charge in [-0.25, -0.2) is 17.6 Å². The molecule has 0 N–H and O–H groups in total. The Bertz CT molecular complexity index is 624. The number of rotatable bonds is 3. The highest BCUT2D eigenvalue weighted by Crippen LogP contribution is 2.26. The first-order chi connectivity index (χ1) is 8.18. The zero-order valence-corrected chi connectivity index (χ0v) is 10.2. The SMILES string of the molecule is COC(=O)c1cc(F)c(S(C)(=O)=O)cc1[N+](=O)[O-]. The zero-order chi connectivity index (χ0) is 14.1. The molecule has 0 heterocycles. The van der Waals surface area contributed by atoms with E-state index < -0.39 is 42.7 Å². The van der Waals surface area contributed by atoms with Gasteiger partial charge in [0.05, 0.1) is 12.0 Å². The van der Waals surface area contributed by atoms with Crippen molar-refractivity contribution in [1.82, 2.24) is 0 Å². The monoisotopic (exact) mass is 277 g/mol. The van der Waals surface area contributed by atoms with E-state index in [2.05, 4.69) is 4.74 Å². The lowest BCUT2D eigenvalue weighted by Gasteiger charge is -2.05. The molecule has 0 saturated heterocycles. The molecule has 0 aromatic heterocycles. The van der Waals surface area contributed by atoms with Gasteiger partial charge >= 0.3 is 5.97 Å². The lowest BCUT2D eigenvalue weighted by Crippen LogP contribution is -2.09. The molecule has 0 fully saturated rings. The van der Waals surface area contributed by atoms with E-state index in [1.165, 1.54) is 0 Å². The Morgan fingerprint density at radius 3 is 2.39 bits per heavy atom. The first-order valence-electron chi connectivity index (χ1n) is 4.44. The molecule has 0 aliphatic rings.